The van der Waals surface area contributed by atoms with E-state index in [1.165, 1.54) is 0 Å². The maximum atomic E-state index is 13.2. The number of hydrogen-bond acceptors (Lipinski definition) is 5. The molecule has 8 heteroatoms. The number of sulfonamides is 1. The molecular formula is C21H25N3O4S. The van der Waals surface area contributed by atoms with Gasteiger partial charge in [0.05, 0.1) is 12.0 Å². The summed E-state index contributed by atoms with van der Waals surface area (Å²) in [7, 11) is -1.94. The monoisotopic (exact) mass is 415 g/mol. The number of nitrogens with zero attached hydrogens (tertiary/aromatic N) is 2. The zero-order valence-electron chi connectivity index (χ0n) is 16.4. The number of rotatable bonds is 4. The molecule has 2 aliphatic rings. The van der Waals surface area contributed by atoms with Crippen LogP contribution in [0, 0.1) is 0 Å². The van der Waals surface area contributed by atoms with E-state index in [-0.39, 0.29) is 5.91 Å². The number of amides is 1. The molecule has 2 heterocycles. The van der Waals surface area contributed by atoms with Crippen molar-refractivity contribution in [1.82, 2.24) is 4.31 Å². The summed E-state index contributed by atoms with van der Waals surface area (Å²) in [6.45, 7) is 2.08. The second-order valence-corrected chi connectivity index (χ2v) is 9.25. The van der Waals surface area contributed by atoms with E-state index in [1.807, 2.05) is 24.3 Å². The highest BCUT2D eigenvalue weighted by molar-refractivity contribution is 7.89. The molecule has 0 atom stereocenters. The van der Waals surface area contributed by atoms with Crippen LogP contribution in [-0.2, 0) is 21.2 Å². The van der Waals surface area contributed by atoms with E-state index in [1.54, 1.807) is 29.6 Å². The van der Waals surface area contributed by atoms with Gasteiger partial charge in [0.2, 0.25) is 15.9 Å². The smallest absolute Gasteiger partial charge is 0.243 e. The summed E-state index contributed by atoms with van der Waals surface area (Å²) < 4.78 is 33.2. The number of methoxy groups -OCH3 is 1. The summed E-state index contributed by atoms with van der Waals surface area (Å²) in [6.07, 6.45) is 1.88. The maximum Gasteiger partial charge on any atom is 0.243 e. The second kappa shape index (κ2) is 8.04. The molecule has 1 N–H and O–H groups in total. The van der Waals surface area contributed by atoms with Gasteiger partial charge in [0, 0.05) is 50.0 Å². The number of benzene rings is 2. The maximum absolute atomic E-state index is 13.2. The Hall–Kier alpha value is -2.58. The molecule has 0 radical (unpaired) electrons. The molecule has 0 bridgehead atoms. The van der Waals surface area contributed by atoms with E-state index in [0.29, 0.717) is 49.6 Å². The van der Waals surface area contributed by atoms with Crippen molar-refractivity contribution >= 4 is 27.3 Å². The lowest BCUT2D eigenvalue weighted by Crippen LogP contribution is -2.48. The largest absolute Gasteiger partial charge is 0.497 e. The fourth-order valence-electron chi connectivity index (χ4n) is 3.85. The van der Waals surface area contributed by atoms with Crippen LogP contribution in [0.1, 0.15) is 18.4 Å². The van der Waals surface area contributed by atoms with E-state index >= 15 is 0 Å². The normalized spacial score (nSPS) is 18.0. The molecule has 4 rings (SSSR count). The van der Waals surface area contributed by atoms with Crippen LogP contribution in [0.15, 0.2) is 47.4 Å². The molecule has 1 saturated heterocycles. The summed E-state index contributed by atoms with van der Waals surface area (Å²) in [5.41, 5.74) is 2.63. The Labute approximate surface area is 171 Å². The molecular weight excluding hydrogens is 390 g/mol. The van der Waals surface area contributed by atoms with Crippen molar-refractivity contribution < 1.29 is 17.9 Å². The fraction of sp³-hybridized carbons (Fsp3) is 0.381. The summed E-state index contributed by atoms with van der Waals surface area (Å²) >= 11 is 0. The number of carbonyl (C=O) groups excluding carboxylic acids is 1. The molecule has 1 amide bonds. The van der Waals surface area contributed by atoms with E-state index < -0.39 is 10.0 Å². The molecule has 154 valence electrons. The molecule has 2 aromatic carbocycles. The van der Waals surface area contributed by atoms with Crippen LogP contribution in [-0.4, -0.2) is 51.9 Å². The van der Waals surface area contributed by atoms with Gasteiger partial charge in [-0.1, -0.05) is 6.07 Å². The van der Waals surface area contributed by atoms with Gasteiger partial charge in [-0.15, -0.1) is 0 Å². The molecule has 2 aromatic rings. The minimum Gasteiger partial charge on any atom is -0.497 e. The van der Waals surface area contributed by atoms with Gasteiger partial charge in [-0.2, -0.15) is 4.31 Å². The van der Waals surface area contributed by atoms with Crippen LogP contribution in [0.3, 0.4) is 0 Å². The Kier molecular flexibility index (Phi) is 5.47. The number of anilines is 2. The van der Waals surface area contributed by atoms with Crippen molar-refractivity contribution in [3.05, 3.63) is 48.0 Å². The Morgan fingerprint density at radius 3 is 2.55 bits per heavy atom. The molecule has 0 spiro atoms. The average Bonchev–Trinajstić information content (AvgIpc) is 2.93. The predicted octanol–water partition coefficient (Wildman–Crippen LogP) is 2.48. The highest BCUT2D eigenvalue weighted by Crippen LogP contribution is 2.28. The van der Waals surface area contributed by atoms with Gasteiger partial charge in [0.1, 0.15) is 5.75 Å². The zero-order chi connectivity index (χ0) is 20.4. The molecule has 1 fully saturated rings. The topological polar surface area (TPSA) is 79.0 Å². The molecule has 0 aliphatic carbocycles. The predicted molar refractivity (Wildman–Crippen MR) is 112 cm³/mol. The Bertz CT molecular complexity index is 1010. The van der Waals surface area contributed by atoms with E-state index in [0.717, 1.165) is 23.4 Å². The van der Waals surface area contributed by atoms with Crippen LogP contribution >= 0.6 is 0 Å². The lowest BCUT2D eigenvalue weighted by Gasteiger charge is -2.35. The van der Waals surface area contributed by atoms with E-state index in [4.69, 9.17) is 4.74 Å². The third-order valence-electron chi connectivity index (χ3n) is 5.50. The van der Waals surface area contributed by atoms with E-state index in [2.05, 4.69) is 10.2 Å². The van der Waals surface area contributed by atoms with Crippen molar-refractivity contribution in [3.8, 4) is 5.75 Å². The first kappa shape index (κ1) is 19.7. The third-order valence-corrected chi connectivity index (χ3v) is 7.39. The second-order valence-electron chi connectivity index (χ2n) is 7.31. The van der Waals surface area contributed by atoms with Crippen LogP contribution < -0.4 is 15.0 Å². The van der Waals surface area contributed by atoms with Gasteiger partial charge in [-0.05, 0) is 48.7 Å². The molecule has 0 saturated carbocycles. The Morgan fingerprint density at radius 1 is 1.00 bits per heavy atom. The van der Waals surface area contributed by atoms with Crippen molar-refractivity contribution in [2.24, 2.45) is 0 Å². The van der Waals surface area contributed by atoms with Crippen molar-refractivity contribution in [2.45, 2.75) is 24.2 Å². The van der Waals surface area contributed by atoms with Crippen LogP contribution in [0.5, 0.6) is 5.75 Å². The summed E-state index contributed by atoms with van der Waals surface area (Å²) in [5, 5.41) is 2.85. The minimum atomic E-state index is -3.57. The standard InChI is InChI=1S/C21H25N3O4S/c1-28-18-6-3-5-17(15-18)23-10-12-24(13-11-23)29(26,27)19-8-9-20-16(14-19)4-2-7-21(25)22-20/h3,5-6,8-9,14-15H,2,4,7,10-13H2,1H3,(H,22,25). The number of aryl methyl sites for hydroxylation is 1. The quantitative estimate of drug-likeness (QED) is 0.830. The summed E-state index contributed by atoms with van der Waals surface area (Å²) in [6, 6.07) is 12.8. The van der Waals surface area contributed by atoms with E-state index in [9.17, 15) is 13.2 Å². The van der Waals surface area contributed by atoms with Crippen LogP contribution in [0.2, 0.25) is 0 Å². The first-order valence-electron chi connectivity index (χ1n) is 9.79. The van der Waals surface area contributed by atoms with Crippen molar-refractivity contribution in [3.63, 3.8) is 0 Å². The number of hydrogen-bond donors (Lipinski definition) is 1. The number of fused-ring (bicyclic) bond motifs is 1. The average molecular weight is 416 g/mol. The van der Waals surface area contributed by atoms with Crippen molar-refractivity contribution in [1.29, 1.82) is 0 Å². The number of nitrogens with one attached hydrogen (secondary N) is 1. The molecule has 7 nitrogen and oxygen atoms in total. The molecule has 29 heavy (non-hydrogen) atoms. The first-order valence-corrected chi connectivity index (χ1v) is 11.2. The van der Waals surface area contributed by atoms with Crippen LogP contribution in [0.4, 0.5) is 11.4 Å². The highest BCUT2D eigenvalue weighted by Gasteiger charge is 2.29. The van der Waals surface area contributed by atoms with Gasteiger partial charge in [0.15, 0.2) is 0 Å². The Morgan fingerprint density at radius 2 is 1.79 bits per heavy atom. The highest BCUT2D eigenvalue weighted by atomic mass is 32.2. The van der Waals surface area contributed by atoms with Crippen LogP contribution in [0.25, 0.3) is 0 Å². The zero-order valence-corrected chi connectivity index (χ0v) is 17.2. The molecule has 0 aromatic heterocycles. The number of piperazine rings is 1. The van der Waals surface area contributed by atoms with Gasteiger partial charge in [-0.25, -0.2) is 8.42 Å². The fourth-order valence-corrected chi connectivity index (χ4v) is 5.33. The molecule has 2 aliphatic heterocycles. The number of carbonyl (C=O) groups is 1. The van der Waals surface area contributed by atoms with Crippen molar-refractivity contribution in [2.75, 3.05) is 43.5 Å². The lowest BCUT2D eigenvalue weighted by molar-refractivity contribution is -0.116. The van der Waals surface area contributed by atoms with Gasteiger partial charge < -0.3 is 15.0 Å². The van der Waals surface area contributed by atoms with Gasteiger partial charge >= 0.3 is 0 Å². The number of ether oxygens (including phenoxy) is 1. The Balaban J connectivity index is 1.49. The SMILES string of the molecule is COc1cccc(N2CCN(S(=O)(=O)c3ccc4c(c3)CCCC(=O)N4)CC2)c1. The van der Waals surface area contributed by atoms with Gasteiger partial charge in [-0.3, -0.25) is 4.79 Å². The first-order chi connectivity index (χ1) is 14.0. The minimum absolute atomic E-state index is 0.0204. The third kappa shape index (κ3) is 4.09. The summed E-state index contributed by atoms with van der Waals surface area (Å²) in [4.78, 5) is 14.2. The lowest BCUT2D eigenvalue weighted by atomic mass is 10.1. The molecule has 0 unspecified atom stereocenters. The summed E-state index contributed by atoms with van der Waals surface area (Å²) in [5.74, 6) is 0.766. The van der Waals surface area contributed by atoms with Gasteiger partial charge in [0.25, 0.3) is 0 Å².